The smallest absolute Gasteiger partial charge is 0.126 e. The number of hydrogen-bond acceptors (Lipinski definition) is 2. The summed E-state index contributed by atoms with van der Waals surface area (Å²) in [6, 6.07) is 3.27. The summed E-state index contributed by atoms with van der Waals surface area (Å²) in [6.07, 6.45) is 1.84. The van der Waals surface area contributed by atoms with Crippen molar-refractivity contribution >= 4 is 0 Å². The van der Waals surface area contributed by atoms with E-state index in [9.17, 15) is 8.78 Å². The van der Waals surface area contributed by atoms with Gasteiger partial charge in [-0.25, -0.2) is 8.78 Å². The number of rotatable bonds is 5. The van der Waals surface area contributed by atoms with E-state index in [2.05, 4.69) is 5.10 Å². The van der Waals surface area contributed by atoms with Crippen LogP contribution < -0.4 is 5.73 Å². The molecule has 2 N–H and O–H groups in total. The van der Waals surface area contributed by atoms with Gasteiger partial charge in [-0.1, -0.05) is 0 Å². The van der Waals surface area contributed by atoms with Gasteiger partial charge < -0.3 is 5.73 Å². The minimum atomic E-state index is -0.433. The Morgan fingerprint density at radius 1 is 1.29 bits per heavy atom. The Labute approximate surface area is 123 Å². The highest BCUT2D eigenvalue weighted by atomic mass is 19.1. The molecule has 0 amide bonds. The lowest BCUT2D eigenvalue weighted by Gasteiger charge is -2.12. The Morgan fingerprint density at radius 2 is 2.00 bits per heavy atom. The van der Waals surface area contributed by atoms with Crippen LogP contribution in [0.1, 0.15) is 28.9 Å². The molecule has 5 heteroatoms. The van der Waals surface area contributed by atoms with Crippen LogP contribution in [-0.4, -0.2) is 15.8 Å². The molecule has 2 rings (SSSR count). The van der Waals surface area contributed by atoms with Crippen molar-refractivity contribution in [3.8, 4) is 0 Å². The fraction of sp³-hybridized carbons (Fsp3) is 0.438. The molecule has 1 unspecified atom stereocenters. The molecular formula is C16H21F2N3. The second-order valence-electron chi connectivity index (χ2n) is 5.51. The molecule has 0 aliphatic rings. The zero-order chi connectivity index (χ0) is 15.6. The van der Waals surface area contributed by atoms with E-state index in [-0.39, 0.29) is 6.04 Å². The van der Waals surface area contributed by atoms with Crippen molar-refractivity contribution in [3.63, 3.8) is 0 Å². The highest BCUT2D eigenvalue weighted by molar-refractivity contribution is 5.25. The van der Waals surface area contributed by atoms with Crippen LogP contribution in [0.25, 0.3) is 0 Å². The van der Waals surface area contributed by atoms with Crippen LogP contribution in [0.3, 0.4) is 0 Å². The molecule has 0 aliphatic carbocycles. The van der Waals surface area contributed by atoms with Gasteiger partial charge in [0.05, 0.1) is 5.69 Å². The lowest BCUT2D eigenvalue weighted by molar-refractivity contribution is 0.553. The van der Waals surface area contributed by atoms with Crippen molar-refractivity contribution in [3.05, 3.63) is 52.3 Å². The third-order valence-corrected chi connectivity index (χ3v) is 3.91. The molecule has 2 aromatic rings. The number of aryl methyl sites for hydroxylation is 2. The molecule has 114 valence electrons. The fourth-order valence-electron chi connectivity index (χ4n) is 2.59. The van der Waals surface area contributed by atoms with E-state index in [4.69, 9.17) is 5.73 Å². The molecule has 0 spiro atoms. The second-order valence-corrected chi connectivity index (χ2v) is 5.51. The predicted octanol–water partition coefficient (Wildman–Crippen LogP) is 2.82. The molecular weight excluding hydrogens is 272 g/mol. The Bertz CT molecular complexity index is 635. The summed E-state index contributed by atoms with van der Waals surface area (Å²) < 4.78 is 28.6. The summed E-state index contributed by atoms with van der Waals surface area (Å²) in [4.78, 5) is 0. The van der Waals surface area contributed by atoms with Crippen LogP contribution in [0.5, 0.6) is 0 Å². The average Bonchev–Trinajstić information content (AvgIpc) is 2.66. The van der Waals surface area contributed by atoms with E-state index in [1.165, 1.54) is 11.6 Å². The topological polar surface area (TPSA) is 43.8 Å². The van der Waals surface area contributed by atoms with Gasteiger partial charge in [0.1, 0.15) is 11.6 Å². The van der Waals surface area contributed by atoms with Crippen LogP contribution in [0.4, 0.5) is 8.78 Å². The molecule has 0 saturated carbocycles. The van der Waals surface area contributed by atoms with Gasteiger partial charge in [-0.3, -0.25) is 4.68 Å². The second kappa shape index (κ2) is 6.35. The first-order valence-corrected chi connectivity index (χ1v) is 7.07. The maximum absolute atomic E-state index is 13.6. The summed E-state index contributed by atoms with van der Waals surface area (Å²) in [6.45, 7) is 3.99. The highest BCUT2D eigenvalue weighted by Crippen LogP contribution is 2.17. The molecule has 1 aromatic carbocycles. The van der Waals surface area contributed by atoms with Crippen molar-refractivity contribution < 1.29 is 8.78 Å². The first kappa shape index (κ1) is 15.6. The number of nitrogens with two attached hydrogens (primary N) is 1. The molecule has 3 nitrogen and oxygen atoms in total. The summed E-state index contributed by atoms with van der Waals surface area (Å²) >= 11 is 0. The van der Waals surface area contributed by atoms with Gasteiger partial charge in [-0.15, -0.1) is 0 Å². The maximum atomic E-state index is 13.6. The quantitative estimate of drug-likeness (QED) is 0.921. The lowest BCUT2D eigenvalue weighted by atomic mass is 9.98. The molecule has 21 heavy (non-hydrogen) atoms. The molecule has 1 atom stereocenters. The first-order chi connectivity index (χ1) is 9.88. The van der Waals surface area contributed by atoms with Gasteiger partial charge in [0.2, 0.25) is 0 Å². The minimum Gasteiger partial charge on any atom is -0.327 e. The predicted molar refractivity (Wildman–Crippen MR) is 79.0 cm³/mol. The third-order valence-electron chi connectivity index (χ3n) is 3.91. The number of aromatic nitrogens is 2. The van der Waals surface area contributed by atoms with Gasteiger partial charge in [0.15, 0.2) is 0 Å². The molecule has 0 radical (unpaired) electrons. The number of benzene rings is 1. The van der Waals surface area contributed by atoms with Gasteiger partial charge in [-0.2, -0.15) is 5.10 Å². The van der Waals surface area contributed by atoms with Gasteiger partial charge >= 0.3 is 0 Å². The molecule has 0 fully saturated rings. The molecule has 0 bridgehead atoms. The van der Waals surface area contributed by atoms with E-state index in [0.29, 0.717) is 18.4 Å². The molecule has 1 aromatic heterocycles. The Kier molecular flexibility index (Phi) is 4.73. The van der Waals surface area contributed by atoms with Crippen molar-refractivity contribution in [2.45, 2.75) is 39.2 Å². The van der Waals surface area contributed by atoms with Crippen LogP contribution in [0.2, 0.25) is 0 Å². The van der Waals surface area contributed by atoms with E-state index in [1.807, 2.05) is 25.6 Å². The highest BCUT2D eigenvalue weighted by Gasteiger charge is 2.13. The largest absolute Gasteiger partial charge is 0.327 e. The summed E-state index contributed by atoms with van der Waals surface area (Å²) in [5.74, 6) is -0.835. The Morgan fingerprint density at radius 3 is 2.62 bits per heavy atom. The number of hydrogen-bond donors (Lipinski definition) is 1. The Balaban J connectivity index is 1.99. The molecule has 0 saturated heterocycles. The van der Waals surface area contributed by atoms with E-state index >= 15 is 0 Å². The van der Waals surface area contributed by atoms with Crippen LogP contribution in [0.15, 0.2) is 18.2 Å². The van der Waals surface area contributed by atoms with Crippen LogP contribution in [-0.2, 0) is 19.9 Å². The van der Waals surface area contributed by atoms with Gasteiger partial charge in [-0.05, 0) is 62.4 Å². The summed E-state index contributed by atoms with van der Waals surface area (Å²) in [7, 11) is 1.91. The fourth-order valence-corrected chi connectivity index (χ4v) is 2.59. The van der Waals surface area contributed by atoms with Crippen LogP contribution in [0, 0.1) is 25.5 Å². The van der Waals surface area contributed by atoms with Gasteiger partial charge in [0.25, 0.3) is 0 Å². The summed E-state index contributed by atoms with van der Waals surface area (Å²) in [5.41, 5.74) is 9.71. The third kappa shape index (κ3) is 3.67. The monoisotopic (exact) mass is 293 g/mol. The molecule has 0 aliphatic heterocycles. The lowest BCUT2D eigenvalue weighted by Crippen LogP contribution is -2.24. The zero-order valence-electron chi connectivity index (χ0n) is 12.7. The van der Waals surface area contributed by atoms with E-state index in [0.717, 1.165) is 29.9 Å². The van der Waals surface area contributed by atoms with Crippen LogP contribution >= 0.6 is 0 Å². The SMILES string of the molecule is Cc1nn(C)c(C)c1CCC(N)Cc1cc(F)ccc1F. The minimum absolute atomic E-state index is 0.208. The number of halogens is 2. The van der Waals surface area contributed by atoms with E-state index < -0.39 is 11.6 Å². The van der Waals surface area contributed by atoms with Gasteiger partial charge in [0, 0.05) is 18.8 Å². The average molecular weight is 293 g/mol. The number of nitrogens with zero attached hydrogens (tertiary/aromatic N) is 2. The van der Waals surface area contributed by atoms with Crippen molar-refractivity contribution in [2.24, 2.45) is 12.8 Å². The maximum Gasteiger partial charge on any atom is 0.126 e. The Hall–Kier alpha value is -1.75. The molecule has 1 heterocycles. The summed E-state index contributed by atoms with van der Waals surface area (Å²) in [5, 5.41) is 4.36. The normalized spacial score (nSPS) is 12.7. The van der Waals surface area contributed by atoms with Crippen molar-refractivity contribution in [1.82, 2.24) is 9.78 Å². The van der Waals surface area contributed by atoms with Crippen molar-refractivity contribution in [1.29, 1.82) is 0 Å². The van der Waals surface area contributed by atoms with Crippen molar-refractivity contribution in [2.75, 3.05) is 0 Å². The van der Waals surface area contributed by atoms with E-state index in [1.54, 1.807) is 0 Å². The zero-order valence-corrected chi connectivity index (χ0v) is 12.7. The first-order valence-electron chi connectivity index (χ1n) is 7.07. The standard InChI is InChI=1S/C16H21F2N3/c1-10-15(11(2)21(3)20-10)6-5-14(19)9-12-8-13(17)4-7-16(12)18/h4,7-8,14H,5-6,9,19H2,1-3H3.